The van der Waals surface area contributed by atoms with Gasteiger partial charge in [-0.1, -0.05) is 18.5 Å². The van der Waals surface area contributed by atoms with Crippen molar-refractivity contribution in [1.82, 2.24) is 9.88 Å². The minimum Gasteiger partial charge on any atom is -0.444 e. The van der Waals surface area contributed by atoms with E-state index in [1.165, 1.54) is 0 Å². The largest absolute Gasteiger partial charge is 0.444 e. The molecule has 0 atom stereocenters. The van der Waals surface area contributed by atoms with E-state index in [9.17, 15) is 0 Å². The lowest BCUT2D eigenvalue weighted by Gasteiger charge is -2.18. The van der Waals surface area contributed by atoms with Crippen LogP contribution in [0.1, 0.15) is 19.0 Å². The van der Waals surface area contributed by atoms with Crippen LogP contribution in [0.4, 0.5) is 0 Å². The van der Waals surface area contributed by atoms with E-state index in [0.29, 0.717) is 24.0 Å². The Balaban J connectivity index is 2.06. The Hall–Kier alpha value is -1.36. The van der Waals surface area contributed by atoms with Crippen LogP contribution in [0.15, 0.2) is 34.9 Å². The molecule has 1 N–H and O–H groups in total. The average molecular weight is 295 g/mol. The predicted molar refractivity (Wildman–Crippen MR) is 79.6 cm³/mol. The quantitative estimate of drug-likeness (QED) is 0.852. The molecule has 20 heavy (non-hydrogen) atoms. The lowest BCUT2D eigenvalue weighted by Crippen LogP contribution is -2.27. The zero-order chi connectivity index (χ0) is 14.4. The monoisotopic (exact) mass is 294 g/mol. The van der Waals surface area contributed by atoms with E-state index >= 15 is 0 Å². The molecule has 1 heterocycles. The summed E-state index contributed by atoms with van der Waals surface area (Å²) in [6, 6.07) is 7.40. The third-order valence-electron chi connectivity index (χ3n) is 2.98. The van der Waals surface area contributed by atoms with E-state index in [1.54, 1.807) is 6.26 Å². The summed E-state index contributed by atoms with van der Waals surface area (Å²) in [7, 11) is 0. The normalized spacial score (nSPS) is 11.2. The van der Waals surface area contributed by atoms with Gasteiger partial charge in [0.2, 0.25) is 5.89 Å². The van der Waals surface area contributed by atoms with Gasteiger partial charge in [0.1, 0.15) is 6.26 Å². The van der Waals surface area contributed by atoms with Gasteiger partial charge < -0.3 is 9.52 Å². The Kier molecular flexibility index (Phi) is 5.59. The number of oxazole rings is 1. The molecular weight excluding hydrogens is 276 g/mol. The number of aliphatic hydroxyl groups excluding tert-OH is 1. The van der Waals surface area contributed by atoms with Crippen molar-refractivity contribution in [3.63, 3.8) is 0 Å². The second kappa shape index (κ2) is 7.43. The van der Waals surface area contributed by atoms with Crippen molar-refractivity contribution in [2.75, 3.05) is 19.7 Å². The van der Waals surface area contributed by atoms with Crippen molar-refractivity contribution < 1.29 is 9.52 Å². The Labute approximate surface area is 124 Å². The summed E-state index contributed by atoms with van der Waals surface area (Å²) in [5.41, 5.74) is 1.78. The van der Waals surface area contributed by atoms with Crippen molar-refractivity contribution >= 4 is 11.6 Å². The molecule has 0 aliphatic carbocycles. The van der Waals surface area contributed by atoms with Crippen molar-refractivity contribution in [1.29, 1.82) is 0 Å². The summed E-state index contributed by atoms with van der Waals surface area (Å²) in [4.78, 5) is 6.64. The van der Waals surface area contributed by atoms with E-state index in [0.717, 1.165) is 24.2 Å². The fourth-order valence-corrected chi connectivity index (χ4v) is 2.19. The summed E-state index contributed by atoms with van der Waals surface area (Å²) < 4.78 is 5.50. The van der Waals surface area contributed by atoms with E-state index in [1.807, 2.05) is 24.3 Å². The number of halogens is 1. The predicted octanol–water partition coefficient (Wildman–Crippen LogP) is 3.20. The first-order chi connectivity index (χ1) is 9.72. The third-order valence-corrected chi connectivity index (χ3v) is 3.24. The first-order valence-electron chi connectivity index (χ1n) is 6.76. The standard InChI is InChI=1S/C15H19ClN2O2/c1-2-7-18(8-9-19)10-14-11-20-15(17-14)12-3-5-13(16)6-4-12/h3-6,11,19H,2,7-10H2,1H3. The number of benzene rings is 1. The first kappa shape index (κ1) is 15.0. The number of aromatic nitrogens is 1. The van der Waals surface area contributed by atoms with Crippen LogP contribution in [-0.4, -0.2) is 34.7 Å². The van der Waals surface area contributed by atoms with Gasteiger partial charge in [-0.15, -0.1) is 0 Å². The number of aliphatic hydroxyl groups is 1. The molecule has 2 rings (SSSR count). The molecule has 0 fully saturated rings. The summed E-state index contributed by atoms with van der Waals surface area (Å²) in [6.45, 7) is 4.54. The fourth-order valence-electron chi connectivity index (χ4n) is 2.06. The Bertz CT molecular complexity index is 519. The van der Waals surface area contributed by atoms with Crippen LogP contribution < -0.4 is 0 Å². The molecular formula is C15H19ClN2O2. The van der Waals surface area contributed by atoms with Gasteiger partial charge in [-0.05, 0) is 37.2 Å². The van der Waals surface area contributed by atoms with Gasteiger partial charge >= 0.3 is 0 Å². The molecule has 1 aromatic heterocycles. The highest BCUT2D eigenvalue weighted by atomic mass is 35.5. The molecule has 5 heteroatoms. The molecule has 0 aliphatic heterocycles. The molecule has 0 radical (unpaired) electrons. The van der Waals surface area contributed by atoms with Crippen molar-refractivity contribution in [2.24, 2.45) is 0 Å². The first-order valence-corrected chi connectivity index (χ1v) is 7.14. The average Bonchev–Trinajstić information content (AvgIpc) is 2.89. The Morgan fingerprint density at radius 2 is 2.00 bits per heavy atom. The van der Waals surface area contributed by atoms with Gasteiger partial charge in [-0.2, -0.15) is 0 Å². The van der Waals surface area contributed by atoms with Gasteiger partial charge in [-0.3, -0.25) is 4.90 Å². The maximum atomic E-state index is 9.05. The SMILES string of the molecule is CCCN(CCO)Cc1coc(-c2ccc(Cl)cc2)n1. The van der Waals surface area contributed by atoms with Crippen LogP contribution in [0.5, 0.6) is 0 Å². The van der Waals surface area contributed by atoms with Gasteiger partial charge in [0, 0.05) is 23.7 Å². The zero-order valence-electron chi connectivity index (χ0n) is 11.6. The maximum Gasteiger partial charge on any atom is 0.226 e. The number of rotatable bonds is 7. The van der Waals surface area contributed by atoms with Crippen LogP contribution in [-0.2, 0) is 6.54 Å². The molecule has 0 amide bonds. The van der Waals surface area contributed by atoms with Crippen molar-refractivity contribution in [3.8, 4) is 11.5 Å². The van der Waals surface area contributed by atoms with E-state index in [4.69, 9.17) is 21.1 Å². The molecule has 0 saturated heterocycles. The highest BCUT2D eigenvalue weighted by molar-refractivity contribution is 6.30. The third kappa shape index (κ3) is 4.07. The Morgan fingerprint density at radius 3 is 2.65 bits per heavy atom. The van der Waals surface area contributed by atoms with Crippen LogP contribution in [0.3, 0.4) is 0 Å². The number of hydrogen-bond acceptors (Lipinski definition) is 4. The highest BCUT2D eigenvalue weighted by Crippen LogP contribution is 2.21. The fraction of sp³-hybridized carbons (Fsp3) is 0.400. The van der Waals surface area contributed by atoms with E-state index < -0.39 is 0 Å². The van der Waals surface area contributed by atoms with Crippen LogP contribution in [0, 0.1) is 0 Å². The smallest absolute Gasteiger partial charge is 0.226 e. The summed E-state index contributed by atoms with van der Waals surface area (Å²) in [5.74, 6) is 0.595. The molecule has 0 bridgehead atoms. The molecule has 0 saturated carbocycles. The van der Waals surface area contributed by atoms with Crippen LogP contribution in [0.2, 0.25) is 5.02 Å². The topological polar surface area (TPSA) is 49.5 Å². The minimum atomic E-state index is 0.155. The van der Waals surface area contributed by atoms with Gasteiger partial charge in [0.05, 0.1) is 12.3 Å². The lowest BCUT2D eigenvalue weighted by atomic mass is 10.2. The number of nitrogens with zero attached hydrogens (tertiary/aromatic N) is 2. The Morgan fingerprint density at radius 1 is 1.25 bits per heavy atom. The molecule has 108 valence electrons. The second-order valence-corrected chi connectivity index (χ2v) is 5.09. The van der Waals surface area contributed by atoms with Crippen LogP contribution >= 0.6 is 11.6 Å². The molecule has 0 aliphatic rings. The van der Waals surface area contributed by atoms with Crippen molar-refractivity contribution in [2.45, 2.75) is 19.9 Å². The minimum absolute atomic E-state index is 0.155. The molecule has 4 nitrogen and oxygen atoms in total. The summed E-state index contributed by atoms with van der Waals surface area (Å²) in [6.07, 6.45) is 2.71. The molecule has 0 spiro atoms. The second-order valence-electron chi connectivity index (χ2n) is 4.65. The van der Waals surface area contributed by atoms with Gasteiger partial charge in [0.15, 0.2) is 0 Å². The van der Waals surface area contributed by atoms with E-state index in [-0.39, 0.29) is 6.61 Å². The summed E-state index contributed by atoms with van der Waals surface area (Å²) in [5, 5.41) is 9.74. The van der Waals surface area contributed by atoms with Crippen molar-refractivity contribution in [3.05, 3.63) is 41.2 Å². The van der Waals surface area contributed by atoms with E-state index in [2.05, 4.69) is 16.8 Å². The van der Waals surface area contributed by atoms with Gasteiger partial charge in [0.25, 0.3) is 0 Å². The molecule has 1 aromatic carbocycles. The maximum absolute atomic E-state index is 9.05. The molecule has 2 aromatic rings. The lowest BCUT2D eigenvalue weighted by molar-refractivity contribution is 0.189. The molecule has 0 unspecified atom stereocenters. The highest BCUT2D eigenvalue weighted by Gasteiger charge is 2.10. The van der Waals surface area contributed by atoms with Crippen LogP contribution in [0.25, 0.3) is 11.5 Å². The van der Waals surface area contributed by atoms with Gasteiger partial charge in [-0.25, -0.2) is 4.98 Å². The zero-order valence-corrected chi connectivity index (χ0v) is 12.3. The number of hydrogen-bond donors (Lipinski definition) is 1. The summed E-state index contributed by atoms with van der Waals surface area (Å²) >= 11 is 5.86.